The van der Waals surface area contributed by atoms with Crippen molar-refractivity contribution in [2.45, 2.75) is 13.0 Å². The minimum Gasteiger partial charge on any atom is -0.508 e. The molecule has 84 valence electrons. The van der Waals surface area contributed by atoms with Crippen LogP contribution in [-0.2, 0) is 20.0 Å². The van der Waals surface area contributed by atoms with E-state index in [2.05, 4.69) is 5.32 Å². The Hall–Kier alpha value is -1.55. The molecule has 0 saturated heterocycles. The number of phenolic OH excluding ortho intramolecular Hbond substituents is 1. The number of hydrogen-bond acceptors (Lipinski definition) is 2. The van der Waals surface area contributed by atoms with E-state index in [4.69, 9.17) is 0 Å². The summed E-state index contributed by atoms with van der Waals surface area (Å²) in [4.78, 5) is 0. The van der Waals surface area contributed by atoms with Gasteiger partial charge in [0.05, 0.1) is 5.52 Å². The van der Waals surface area contributed by atoms with E-state index in [1.165, 1.54) is 11.8 Å². The van der Waals surface area contributed by atoms with Gasteiger partial charge in [-0.05, 0) is 11.6 Å². The highest BCUT2D eigenvalue weighted by atomic mass is 19.1. The van der Waals surface area contributed by atoms with Gasteiger partial charge in [0.1, 0.15) is 5.75 Å². The molecule has 0 amide bonds. The molecule has 0 bridgehead atoms. The Morgan fingerprint density at radius 1 is 1.44 bits per heavy atom. The number of aromatic hydroxyl groups is 1. The molecule has 2 N–H and O–H groups in total. The molecule has 3 nitrogen and oxygen atoms in total. The minimum atomic E-state index is -0.355. The Morgan fingerprint density at radius 2 is 2.25 bits per heavy atom. The van der Waals surface area contributed by atoms with E-state index in [0.717, 1.165) is 30.5 Å². The topological polar surface area (TPSA) is 37.2 Å². The SMILES string of the molecule is Cn1c2c(c3cc(O)cc(F)c31)CNCC2. The summed E-state index contributed by atoms with van der Waals surface area (Å²) in [5.41, 5.74) is 2.86. The van der Waals surface area contributed by atoms with E-state index >= 15 is 0 Å². The first-order valence-electron chi connectivity index (χ1n) is 5.38. The Kier molecular flexibility index (Phi) is 1.94. The van der Waals surface area contributed by atoms with Crippen molar-refractivity contribution in [3.05, 3.63) is 29.2 Å². The molecule has 2 heterocycles. The van der Waals surface area contributed by atoms with Crippen LogP contribution in [0, 0.1) is 5.82 Å². The zero-order chi connectivity index (χ0) is 11.3. The third kappa shape index (κ3) is 1.16. The van der Waals surface area contributed by atoms with Gasteiger partial charge in [0, 0.05) is 43.7 Å². The number of fused-ring (bicyclic) bond motifs is 3. The van der Waals surface area contributed by atoms with E-state index < -0.39 is 0 Å². The zero-order valence-corrected chi connectivity index (χ0v) is 9.05. The number of phenols is 1. The van der Waals surface area contributed by atoms with Gasteiger partial charge in [0.2, 0.25) is 0 Å². The van der Waals surface area contributed by atoms with Crippen LogP contribution in [0.4, 0.5) is 4.39 Å². The Labute approximate surface area is 92.5 Å². The third-order valence-electron chi connectivity index (χ3n) is 3.30. The normalized spacial score (nSPS) is 15.4. The van der Waals surface area contributed by atoms with Crippen LogP contribution in [0.1, 0.15) is 11.3 Å². The van der Waals surface area contributed by atoms with Crippen LogP contribution in [0.2, 0.25) is 0 Å². The molecule has 16 heavy (non-hydrogen) atoms. The smallest absolute Gasteiger partial charge is 0.151 e. The fourth-order valence-corrected chi connectivity index (χ4v) is 2.58. The van der Waals surface area contributed by atoms with E-state index in [0.29, 0.717) is 5.52 Å². The molecule has 0 saturated carbocycles. The van der Waals surface area contributed by atoms with E-state index in [1.54, 1.807) is 6.07 Å². The molecule has 1 aliphatic heterocycles. The summed E-state index contributed by atoms with van der Waals surface area (Å²) in [5, 5.41) is 13.5. The molecule has 0 unspecified atom stereocenters. The summed E-state index contributed by atoms with van der Waals surface area (Å²) in [6.07, 6.45) is 0.903. The van der Waals surface area contributed by atoms with Gasteiger partial charge in [0.25, 0.3) is 0 Å². The molecule has 3 rings (SSSR count). The first kappa shape index (κ1) is 9.66. The molecule has 1 aromatic carbocycles. The predicted octanol–water partition coefficient (Wildman–Crippen LogP) is 1.67. The highest BCUT2D eigenvalue weighted by Crippen LogP contribution is 2.32. The molecule has 0 fully saturated rings. The van der Waals surface area contributed by atoms with Gasteiger partial charge in [-0.3, -0.25) is 0 Å². The third-order valence-corrected chi connectivity index (χ3v) is 3.30. The molecule has 1 aromatic heterocycles. The number of rotatable bonds is 0. The number of nitrogens with one attached hydrogen (secondary N) is 1. The van der Waals surface area contributed by atoms with Crippen molar-refractivity contribution >= 4 is 10.9 Å². The van der Waals surface area contributed by atoms with Crippen LogP contribution in [0.5, 0.6) is 5.75 Å². The second-order valence-electron chi connectivity index (χ2n) is 4.23. The van der Waals surface area contributed by atoms with E-state index in [-0.39, 0.29) is 11.6 Å². The summed E-state index contributed by atoms with van der Waals surface area (Å²) >= 11 is 0. The van der Waals surface area contributed by atoms with Gasteiger partial charge in [-0.2, -0.15) is 0 Å². The zero-order valence-electron chi connectivity index (χ0n) is 9.05. The lowest BCUT2D eigenvalue weighted by atomic mass is 10.1. The fourth-order valence-electron chi connectivity index (χ4n) is 2.58. The molecule has 0 spiro atoms. The van der Waals surface area contributed by atoms with Crippen LogP contribution in [0.3, 0.4) is 0 Å². The van der Waals surface area contributed by atoms with Gasteiger partial charge >= 0.3 is 0 Å². The van der Waals surface area contributed by atoms with Crippen molar-refractivity contribution in [3.8, 4) is 5.75 Å². The number of aromatic nitrogens is 1. The van der Waals surface area contributed by atoms with Crippen molar-refractivity contribution in [1.29, 1.82) is 0 Å². The molecule has 1 aliphatic rings. The van der Waals surface area contributed by atoms with Crippen LogP contribution in [-0.4, -0.2) is 16.2 Å². The quantitative estimate of drug-likeness (QED) is 0.708. The fraction of sp³-hybridized carbons (Fsp3) is 0.333. The lowest BCUT2D eigenvalue weighted by Gasteiger charge is -2.14. The van der Waals surface area contributed by atoms with Gasteiger partial charge in [-0.15, -0.1) is 0 Å². The summed E-state index contributed by atoms with van der Waals surface area (Å²) in [7, 11) is 1.88. The van der Waals surface area contributed by atoms with Crippen LogP contribution in [0.15, 0.2) is 12.1 Å². The number of benzene rings is 1. The van der Waals surface area contributed by atoms with Crippen molar-refractivity contribution in [3.63, 3.8) is 0 Å². The lowest BCUT2D eigenvalue weighted by Crippen LogP contribution is -2.24. The van der Waals surface area contributed by atoms with Crippen molar-refractivity contribution < 1.29 is 9.50 Å². The van der Waals surface area contributed by atoms with Crippen LogP contribution < -0.4 is 5.32 Å². The molecule has 0 atom stereocenters. The minimum absolute atomic E-state index is 0.0102. The second-order valence-corrected chi connectivity index (χ2v) is 4.23. The van der Waals surface area contributed by atoms with Gasteiger partial charge in [0.15, 0.2) is 5.82 Å². The van der Waals surface area contributed by atoms with Crippen molar-refractivity contribution in [2.75, 3.05) is 6.54 Å². The summed E-state index contributed by atoms with van der Waals surface area (Å²) in [5.74, 6) is -0.365. The standard InChI is InChI=1S/C12H13FN2O/c1-15-11-2-3-14-6-9(11)8-4-7(16)5-10(13)12(8)15/h4-5,14,16H,2-3,6H2,1H3. The number of hydrogen-bond donors (Lipinski definition) is 2. The molecule has 2 aromatic rings. The molecule has 0 aliphatic carbocycles. The molecular formula is C12H13FN2O. The maximum absolute atomic E-state index is 13.8. The van der Waals surface area contributed by atoms with Gasteiger partial charge < -0.3 is 15.0 Å². The van der Waals surface area contributed by atoms with Crippen LogP contribution in [0.25, 0.3) is 10.9 Å². The second kappa shape index (κ2) is 3.22. The first-order chi connectivity index (χ1) is 7.68. The Bertz CT molecular complexity index is 574. The van der Waals surface area contributed by atoms with Gasteiger partial charge in [-0.1, -0.05) is 0 Å². The largest absolute Gasteiger partial charge is 0.508 e. The average Bonchev–Trinajstić information content (AvgIpc) is 2.54. The summed E-state index contributed by atoms with van der Waals surface area (Å²) in [6, 6.07) is 2.81. The summed E-state index contributed by atoms with van der Waals surface area (Å²) < 4.78 is 15.7. The lowest BCUT2D eigenvalue weighted by molar-refractivity contribution is 0.470. The maximum Gasteiger partial charge on any atom is 0.151 e. The molecule has 4 heteroatoms. The predicted molar refractivity (Wildman–Crippen MR) is 60.0 cm³/mol. The average molecular weight is 220 g/mol. The van der Waals surface area contributed by atoms with Crippen LogP contribution >= 0.6 is 0 Å². The van der Waals surface area contributed by atoms with Crippen molar-refractivity contribution in [1.82, 2.24) is 9.88 Å². The highest BCUT2D eigenvalue weighted by molar-refractivity contribution is 5.87. The number of halogens is 1. The monoisotopic (exact) mass is 220 g/mol. The van der Waals surface area contributed by atoms with Crippen molar-refractivity contribution in [2.24, 2.45) is 7.05 Å². The molecule has 0 radical (unpaired) electrons. The Balaban J connectivity index is 2.44. The summed E-state index contributed by atoms with van der Waals surface area (Å²) in [6.45, 7) is 1.67. The van der Waals surface area contributed by atoms with E-state index in [1.807, 2.05) is 11.6 Å². The first-order valence-corrected chi connectivity index (χ1v) is 5.38. The number of nitrogens with zero attached hydrogens (tertiary/aromatic N) is 1. The highest BCUT2D eigenvalue weighted by Gasteiger charge is 2.20. The molecular weight excluding hydrogens is 207 g/mol. The maximum atomic E-state index is 13.8. The Morgan fingerprint density at radius 3 is 3.06 bits per heavy atom. The van der Waals surface area contributed by atoms with Gasteiger partial charge in [-0.25, -0.2) is 4.39 Å². The number of aryl methyl sites for hydroxylation is 1. The van der Waals surface area contributed by atoms with E-state index in [9.17, 15) is 9.50 Å².